The van der Waals surface area contributed by atoms with Gasteiger partial charge in [-0.2, -0.15) is 0 Å². The molecule has 2 aliphatic rings. The van der Waals surface area contributed by atoms with Crippen LogP contribution in [0.1, 0.15) is 22.7 Å². The van der Waals surface area contributed by atoms with Crippen molar-refractivity contribution in [1.82, 2.24) is 15.5 Å². The van der Waals surface area contributed by atoms with Crippen molar-refractivity contribution >= 4 is 55.3 Å². The Balaban J connectivity index is 1.61. The van der Waals surface area contributed by atoms with Crippen LogP contribution >= 0.6 is 44.1 Å². The first-order valence-corrected chi connectivity index (χ1v) is 12.8. The minimum atomic E-state index is 0.00510. The molecule has 0 amide bonds. The number of rotatable bonds is 4. The predicted octanol–water partition coefficient (Wildman–Crippen LogP) is 6.58. The highest BCUT2D eigenvalue weighted by Crippen LogP contribution is 2.37. The maximum Gasteiger partial charge on any atom is 0.171 e. The summed E-state index contributed by atoms with van der Waals surface area (Å²) in [6, 6.07) is 27.4. The van der Waals surface area contributed by atoms with E-state index in [4.69, 9.17) is 12.2 Å². The highest BCUT2D eigenvalue weighted by molar-refractivity contribution is 9.10. The number of hydrogen-bond acceptors (Lipinski definition) is 2. The lowest BCUT2D eigenvalue weighted by molar-refractivity contribution is 0.292. The van der Waals surface area contributed by atoms with E-state index >= 15 is 0 Å². The summed E-state index contributed by atoms with van der Waals surface area (Å²) in [5.41, 5.74) is 7.34. The van der Waals surface area contributed by atoms with Crippen molar-refractivity contribution in [2.75, 3.05) is 13.1 Å². The van der Waals surface area contributed by atoms with Gasteiger partial charge in [0.2, 0.25) is 0 Å². The molecule has 0 spiro atoms. The highest BCUT2D eigenvalue weighted by Gasteiger charge is 2.34. The lowest BCUT2D eigenvalue weighted by Crippen LogP contribution is -2.50. The zero-order chi connectivity index (χ0) is 22.8. The van der Waals surface area contributed by atoms with E-state index in [0.29, 0.717) is 5.11 Å². The molecule has 0 aliphatic carbocycles. The van der Waals surface area contributed by atoms with E-state index in [1.165, 1.54) is 22.3 Å². The average Bonchev–Trinajstić information content (AvgIpc) is 2.82. The molecular formula is C27H23Br2N3S. The van der Waals surface area contributed by atoms with Crippen LogP contribution in [0.3, 0.4) is 0 Å². The Bertz CT molecular complexity index is 1250. The fourth-order valence-corrected chi connectivity index (χ4v) is 5.62. The molecule has 5 rings (SSSR count). The lowest BCUT2D eigenvalue weighted by Gasteiger charge is -2.40. The summed E-state index contributed by atoms with van der Waals surface area (Å²) in [6.45, 7) is 2.58. The monoisotopic (exact) mass is 579 g/mol. The molecule has 2 heterocycles. The van der Waals surface area contributed by atoms with Gasteiger partial charge in [0.25, 0.3) is 0 Å². The van der Waals surface area contributed by atoms with Gasteiger partial charge in [-0.25, -0.2) is 0 Å². The van der Waals surface area contributed by atoms with Crippen molar-refractivity contribution in [3.8, 4) is 0 Å². The molecule has 0 aromatic heterocycles. The van der Waals surface area contributed by atoms with Crippen LogP contribution in [0.5, 0.6) is 0 Å². The molecule has 0 bridgehead atoms. The molecular weight excluding hydrogens is 558 g/mol. The smallest absolute Gasteiger partial charge is 0.171 e. The van der Waals surface area contributed by atoms with E-state index in [1.807, 2.05) is 12.1 Å². The van der Waals surface area contributed by atoms with Gasteiger partial charge in [-0.15, -0.1) is 0 Å². The third-order valence-electron chi connectivity index (χ3n) is 5.99. The van der Waals surface area contributed by atoms with Crippen molar-refractivity contribution in [2.45, 2.75) is 12.6 Å². The van der Waals surface area contributed by atoms with Crippen molar-refractivity contribution in [2.24, 2.45) is 0 Å². The second-order valence-corrected chi connectivity index (χ2v) is 10.4. The Labute approximate surface area is 216 Å². The fraction of sp³-hybridized carbons (Fsp3) is 0.148. The van der Waals surface area contributed by atoms with E-state index in [9.17, 15) is 0 Å². The van der Waals surface area contributed by atoms with Crippen LogP contribution in [0.2, 0.25) is 0 Å². The number of nitrogens with one attached hydrogen (secondary N) is 2. The van der Waals surface area contributed by atoms with Crippen LogP contribution in [0.15, 0.2) is 105 Å². The van der Waals surface area contributed by atoms with E-state index < -0.39 is 0 Å². The molecule has 3 aromatic carbocycles. The second-order valence-electron chi connectivity index (χ2n) is 8.28. The first-order chi connectivity index (χ1) is 16.1. The number of benzene rings is 3. The molecule has 0 radical (unpaired) electrons. The van der Waals surface area contributed by atoms with Crippen molar-refractivity contribution in [3.05, 3.63) is 121 Å². The summed E-state index contributed by atoms with van der Waals surface area (Å²) in [4.78, 5) is 2.50. The summed E-state index contributed by atoms with van der Waals surface area (Å²) in [6.07, 6.45) is 2.27. The topological polar surface area (TPSA) is 27.3 Å². The second kappa shape index (κ2) is 9.94. The Morgan fingerprint density at radius 1 is 0.879 bits per heavy atom. The van der Waals surface area contributed by atoms with Crippen molar-refractivity contribution in [3.63, 3.8) is 0 Å². The van der Waals surface area contributed by atoms with Gasteiger partial charge in [-0.1, -0.05) is 98.6 Å². The summed E-state index contributed by atoms with van der Waals surface area (Å²) in [5, 5.41) is 7.66. The standard InChI is InChI=1S/C27H23Br2N3S/c28-23-12-6-4-10-19(23)14-20-16-32(15-18-8-2-1-3-9-18)17-22-25(20)30-27(33)31-26(22)21-11-5-7-13-24(21)29/h1-14,26H,15-17H2,(H2,30,31,33)/b20-14+. The van der Waals surface area contributed by atoms with Crippen LogP contribution in [-0.4, -0.2) is 23.1 Å². The van der Waals surface area contributed by atoms with Crippen LogP contribution in [0, 0.1) is 0 Å². The first kappa shape index (κ1) is 22.5. The van der Waals surface area contributed by atoms with Crippen LogP contribution in [-0.2, 0) is 6.54 Å². The van der Waals surface area contributed by atoms with Gasteiger partial charge in [0, 0.05) is 34.3 Å². The molecule has 0 saturated heterocycles. The zero-order valence-corrected chi connectivity index (χ0v) is 21.9. The van der Waals surface area contributed by atoms with Gasteiger partial charge in [0.05, 0.1) is 6.04 Å². The van der Waals surface area contributed by atoms with Crippen molar-refractivity contribution < 1.29 is 0 Å². The summed E-state index contributed by atoms with van der Waals surface area (Å²) in [7, 11) is 0. The quantitative estimate of drug-likeness (QED) is 0.341. The molecule has 3 aromatic rings. The average molecular weight is 581 g/mol. The summed E-state index contributed by atoms with van der Waals surface area (Å²) in [5.74, 6) is 0. The Morgan fingerprint density at radius 2 is 1.58 bits per heavy atom. The van der Waals surface area contributed by atoms with Gasteiger partial charge in [0.15, 0.2) is 5.11 Å². The normalized spacial score (nSPS) is 19.8. The van der Waals surface area contributed by atoms with E-state index in [0.717, 1.165) is 39.8 Å². The van der Waals surface area contributed by atoms with Gasteiger partial charge in [0.1, 0.15) is 0 Å². The molecule has 2 aliphatic heterocycles. The molecule has 1 unspecified atom stereocenters. The maximum absolute atomic E-state index is 5.65. The SMILES string of the molecule is S=C1NC2=C(CN(Cc3ccccc3)C/C2=C\c2ccccc2Br)C(c2ccccc2Br)N1. The molecule has 3 nitrogen and oxygen atoms in total. The van der Waals surface area contributed by atoms with Gasteiger partial charge in [-0.3, -0.25) is 4.90 Å². The van der Waals surface area contributed by atoms with E-state index in [1.54, 1.807) is 0 Å². The largest absolute Gasteiger partial charge is 0.352 e. The maximum atomic E-state index is 5.65. The fourth-order valence-electron chi connectivity index (χ4n) is 4.49. The van der Waals surface area contributed by atoms with Crippen LogP contribution < -0.4 is 10.6 Å². The zero-order valence-electron chi connectivity index (χ0n) is 17.9. The Morgan fingerprint density at radius 3 is 2.33 bits per heavy atom. The molecule has 1 atom stereocenters. The van der Waals surface area contributed by atoms with Crippen molar-refractivity contribution in [1.29, 1.82) is 0 Å². The third kappa shape index (κ3) is 4.99. The first-order valence-electron chi connectivity index (χ1n) is 10.9. The molecule has 2 N–H and O–H groups in total. The van der Waals surface area contributed by atoms with Gasteiger partial charge >= 0.3 is 0 Å². The van der Waals surface area contributed by atoms with E-state index in [-0.39, 0.29) is 6.04 Å². The molecule has 0 fully saturated rings. The lowest BCUT2D eigenvalue weighted by atomic mass is 9.88. The van der Waals surface area contributed by atoms with E-state index in [2.05, 4.69) is 120 Å². The number of thiocarbonyl (C=S) groups is 1. The Kier molecular flexibility index (Phi) is 6.79. The third-order valence-corrected chi connectivity index (χ3v) is 7.66. The summed E-state index contributed by atoms with van der Waals surface area (Å²) < 4.78 is 2.16. The highest BCUT2D eigenvalue weighted by atomic mass is 79.9. The predicted molar refractivity (Wildman–Crippen MR) is 147 cm³/mol. The minimum Gasteiger partial charge on any atom is -0.352 e. The summed E-state index contributed by atoms with van der Waals surface area (Å²) >= 11 is 13.1. The van der Waals surface area contributed by atoms with Crippen LogP contribution in [0.4, 0.5) is 0 Å². The minimum absolute atomic E-state index is 0.00510. The molecule has 33 heavy (non-hydrogen) atoms. The van der Waals surface area contributed by atoms with Gasteiger partial charge in [-0.05, 0) is 58.3 Å². The Hall–Kier alpha value is -2.25. The number of hydrogen-bond donors (Lipinski definition) is 2. The number of halogens is 2. The molecule has 166 valence electrons. The molecule has 0 saturated carbocycles. The number of nitrogens with zero attached hydrogens (tertiary/aromatic N) is 1. The van der Waals surface area contributed by atoms with Gasteiger partial charge < -0.3 is 10.6 Å². The molecule has 6 heteroatoms. The van der Waals surface area contributed by atoms with Crippen LogP contribution in [0.25, 0.3) is 6.08 Å².